The molecule has 0 spiro atoms. The van der Waals surface area contributed by atoms with Gasteiger partial charge >= 0.3 is 0 Å². The van der Waals surface area contributed by atoms with Crippen LogP contribution in [0.4, 0.5) is 4.39 Å². The van der Waals surface area contributed by atoms with E-state index in [0.717, 1.165) is 0 Å². The Hall–Kier alpha value is -3.35. The Morgan fingerprint density at radius 1 is 1.22 bits per heavy atom. The molecular weight excluding hydrogens is 349 g/mol. The zero-order chi connectivity index (χ0) is 18.8. The lowest BCUT2D eigenvalue weighted by atomic mass is 10.1. The van der Waals surface area contributed by atoms with Crippen LogP contribution in [0.3, 0.4) is 0 Å². The van der Waals surface area contributed by atoms with E-state index in [-0.39, 0.29) is 17.8 Å². The molecule has 0 fully saturated rings. The van der Waals surface area contributed by atoms with Crippen LogP contribution in [0.5, 0.6) is 11.5 Å². The first kappa shape index (κ1) is 17.1. The van der Waals surface area contributed by atoms with E-state index in [9.17, 15) is 9.18 Å². The molecule has 1 atom stereocenters. The fraction of sp³-hybridized carbons (Fsp3) is 0.200. The number of halogens is 1. The first-order valence-corrected chi connectivity index (χ1v) is 8.55. The monoisotopic (exact) mass is 367 g/mol. The number of nitrogens with one attached hydrogen (secondary N) is 1. The van der Waals surface area contributed by atoms with Gasteiger partial charge in [-0.3, -0.25) is 9.89 Å². The lowest BCUT2D eigenvalue weighted by molar-refractivity contribution is 0.0521. The van der Waals surface area contributed by atoms with Crippen molar-refractivity contribution in [2.75, 3.05) is 20.2 Å². The average Bonchev–Trinajstić information content (AvgIpc) is 3.17. The first-order chi connectivity index (χ1) is 13.1. The first-order valence-electron chi connectivity index (χ1n) is 8.55. The molecule has 1 aliphatic heterocycles. The number of para-hydroxylation sites is 2. The van der Waals surface area contributed by atoms with Crippen LogP contribution in [0.1, 0.15) is 10.4 Å². The summed E-state index contributed by atoms with van der Waals surface area (Å²) in [5, 5.41) is 6.80. The van der Waals surface area contributed by atoms with Crippen LogP contribution in [0.25, 0.3) is 11.3 Å². The molecule has 1 aliphatic rings. The number of fused-ring (bicyclic) bond motifs is 1. The fourth-order valence-electron chi connectivity index (χ4n) is 3.03. The number of rotatable bonds is 4. The van der Waals surface area contributed by atoms with Crippen molar-refractivity contribution < 1.29 is 18.7 Å². The molecule has 2 aromatic carbocycles. The van der Waals surface area contributed by atoms with Gasteiger partial charge < -0.3 is 14.4 Å². The standard InChI is InChI=1S/C20H18FN3O3/c1-24(11-15-12-26-17-4-2-3-5-18(17)27-15)20(25)16-10-22-23-19(16)13-6-8-14(21)9-7-13/h2-10,15H,11-12H2,1H3,(H,22,23)/t15-/m1/s1. The molecule has 138 valence electrons. The van der Waals surface area contributed by atoms with Crippen molar-refractivity contribution in [2.24, 2.45) is 0 Å². The molecular formula is C20H18FN3O3. The maximum atomic E-state index is 13.2. The number of aromatic nitrogens is 2. The number of carbonyl (C=O) groups is 1. The predicted molar refractivity (Wildman–Crippen MR) is 97.3 cm³/mol. The molecule has 2 heterocycles. The van der Waals surface area contributed by atoms with Crippen molar-refractivity contribution in [2.45, 2.75) is 6.10 Å². The van der Waals surface area contributed by atoms with Crippen molar-refractivity contribution in [3.8, 4) is 22.8 Å². The SMILES string of the molecule is CN(C[C@@H]1COc2ccccc2O1)C(=O)c1cn[nH]c1-c1ccc(F)cc1. The Balaban J connectivity index is 1.48. The van der Waals surface area contributed by atoms with Crippen LogP contribution in [0, 0.1) is 5.82 Å². The number of H-pyrrole nitrogens is 1. The lowest BCUT2D eigenvalue weighted by Gasteiger charge is -2.29. The molecule has 0 aliphatic carbocycles. The summed E-state index contributed by atoms with van der Waals surface area (Å²) in [6.07, 6.45) is 1.21. The normalized spacial score (nSPS) is 15.4. The van der Waals surface area contributed by atoms with Crippen LogP contribution >= 0.6 is 0 Å². The summed E-state index contributed by atoms with van der Waals surface area (Å²) in [7, 11) is 1.70. The summed E-state index contributed by atoms with van der Waals surface area (Å²) in [6.45, 7) is 0.728. The van der Waals surface area contributed by atoms with Gasteiger partial charge in [0.05, 0.1) is 24.0 Å². The van der Waals surface area contributed by atoms with Crippen LogP contribution < -0.4 is 9.47 Å². The van der Waals surface area contributed by atoms with Crippen molar-refractivity contribution in [3.05, 3.63) is 66.1 Å². The molecule has 27 heavy (non-hydrogen) atoms. The van der Waals surface area contributed by atoms with Crippen LogP contribution in [0.15, 0.2) is 54.7 Å². The highest BCUT2D eigenvalue weighted by Gasteiger charge is 2.26. The Labute approximate surface area is 155 Å². The van der Waals surface area contributed by atoms with E-state index in [1.807, 2.05) is 24.3 Å². The van der Waals surface area contributed by atoms with Gasteiger partial charge in [-0.15, -0.1) is 0 Å². The number of benzene rings is 2. The summed E-state index contributed by atoms with van der Waals surface area (Å²) >= 11 is 0. The molecule has 1 aromatic heterocycles. The number of ether oxygens (including phenoxy) is 2. The summed E-state index contributed by atoms with van der Waals surface area (Å²) in [5.74, 6) is 0.838. The Morgan fingerprint density at radius 3 is 2.74 bits per heavy atom. The number of amides is 1. The van der Waals surface area contributed by atoms with E-state index in [2.05, 4.69) is 10.2 Å². The van der Waals surface area contributed by atoms with Gasteiger partial charge in [0.25, 0.3) is 5.91 Å². The number of hydrogen-bond acceptors (Lipinski definition) is 4. The molecule has 0 unspecified atom stereocenters. The average molecular weight is 367 g/mol. The summed E-state index contributed by atoms with van der Waals surface area (Å²) < 4.78 is 24.8. The number of nitrogens with zero attached hydrogens (tertiary/aromatic N) is 2. The molecule has 4 rings (SSSR count). The summed E-state index contributed by atoms with van der Waals surface area (Å²) in [6, 6.07) is 13.3. The quantitative estimate of drug-likeness (QED) is 0.769. The number of hydrogen-bond donors (Lipinski definition) is 1. The van der Waals surface area contributed by atoms with E-state index in [4.69, 9.17) is 9.47 Å². The molecule has 7 heteroatoms. The summed E-state index contributed by atoms with van der Waals surface area (Å²) in [4.78, 5) is 14.5. The third-order valence-corrected chi connectivity index (χ3v) is 4.39. The number of carbonyl (C=O) groups excluding carboxylic acids is 1. The van der Waals surface area contributed by atoms with E-state index in [0.29, 0.717) is 41.5 Å². The Morgan fingerprint density at radius 2 is 1.96 bits per heavy atom. The van der Waals surface area contributed by atoms with Crippen LogP contribution in [-0.2, 0) is 0 Å². The molecule has 3 aromatic rings. The minimum absolute atomic E-state index is 0.203. The van der Waals surface area contributed by atoms with Gasteiger partial charge in [-0.25, -0.2) is 4.39 Å². The zero-order valence-corrected chi connectivity index (χ0v) is 14.7. The van der Waals surface area contributed by atoms with Crippen molar-refractivity contribution in [1.29, 1.82) is 0 Å². The number of likely N-dealkylation sites (N-methyl/N-ethyl adjacent to an activating group) is 1. The topological polar surface area (TPSA) is 67.5 Å². The highest BCUT2D eigenvalue weighted by Crippen LogP contribution is 2.31. The van der Waals surface area contributed by atoms with Gasteiger partial charge in [-0.2, -0.15) is 5.10 Å². The predicted octanol–water partition coefficient (Wildman–Crippen LogP) is 3.13. The molecule has 6 nitrogen and oxygen atoms in total. The van der Waals surface area contributed by atoms with Crippen LogP contribution in [-0.4, -0.2) is 47.3 Å². The highest BCUT2D eigenvalue weighted by molar-refractivity contribution is 5.99. The molecule has 0 saturated carbocycles. The fourth-order valence-corrected chi connectivity index (χ4v) is 3.03. The summed E-state index contributed by atoms with van der Waals surface area (Å²) in [5.41, 5.74) is 1.66. The third-order valence-electron chi connectivity index (χ3n) is 4.39. The highest BCUT2D eigenvalue weighted by atomic mass is 19.1. The minimum Gasteiger partial charge on any atom is -0.486 e. The molecule has 1 N–H and O–H groups in total. The molecule has 0 bridgehead atoms. The lowest BCUT2D eigenvalue weighted by Crippen LogP contribution is -2.41. The van der Waals surface area contributed by atoms with Gasteiger partial charge in [-0.05, 0) is 36.4 Å². The van der Waals surface area contributed by atoms with Crippen molar-refractivity contribution >= 4 is 5.91 Å². The Bertz CT molecular complexity index is 955. The maximum absolute atomic E-state index is 13.2. The second-order valence-corrected chi connectivity index (χ2v) is 6.35. The van der Waals surface area contributed by atoms with Crippen LogP contribution in [0.2, 0.25) is 0 Å². The van der Waals surface area contributed by atoms with Crippen molar-refractivity contribution in [3.63, 3.8) is 0 Å². The van der Waals surface area contributed by atoms with E-state index in [1.165, 1.54) is 18.3 Å². The second-order valence-electron chi connectivity index (χ2n) is 6.35. The van der Waals surface area contributed by atoms with Gasteiger partial charge in [0.2, 0.25) is 0 Å². The maximum Gasteiger partial charge on any atom is 0.257 e. The molecule has 1 amide bonds. The van der Waals surface area contributed by atoms with Gasteiger partial charge in [0.1, 0.15) is 12.4 Å². The van der Waals surface area contributed by atoms with E-state index in [1.54, 1.807) is 24.1 Å². The Kier molecular flexibility index (Phi) is 4.50. The van der Waals surface area contributed by atoms with E-state index >= 15 is 0 Å². The minimum atomic E-state index is -0.335. The zero-order valence-electron chi connectivity index (χ0n) is 14.7. The smallest absolute Gasteiger partial charge is 0.257 e. The largest absolute Gasteiger partial charge is 0.486 e. The molecule has 0 saturated heterocycles. The van der Waals surface area contributed by atoms with Gasteiger partial charge in [0, 0.05) is 12.6 Å². The van der Waals surface area contributed by atoms with Crippen molar-refractivity contribution in [1.82, 2.24) is 15.1 Å². The van der Waals surface area contributed by atoms with Gasteiger partial charge in [-0.1, -0.05) is 12.1 Å². The second kappa shape index (κ2) is 7.11. The van der Waals surface area contributed by atoms with E-state index < -0.39 is 0 Å². The molecule has 0 radical (unpaired) electrons. The number of aromatic amines is 1. The van der Waals surface area contributed by atoms with Gasteiger partial charge in [0.15, 0.2) is 17.6 Å². The third kappa shape index (κ3) is 3.48.